The molecule has 0 bridgehead atoms. The zero-order valence-electron chi connectivity index (χ0n) is 21.7. The van der Waals surface area contributed by atoms with E-state index in [1.54, 1.807) is 0 Å². The summed E-state index contributed by atoms with van der Waals surface area (Å²) in [6, 6.07) is 22.0. The number of hydrogen-bond donors (Lipinski definition) is 0. The normalized spacial score (nSPS) is 17.9. The number of oxime groups is 1. The minimum Gasteiger partial charge on any atom is -0.391 e. The van der Waals surface area contributed by atoms with E-state index in [-0.39, 0.29) is 11.8 Å². The third-order valence-electron chi connectivity index (χ3n) is 7.66. The Balaban J connectivity index is 1.16. The maximum Gasteiger partial charge on any atom is 0.225 e. The molecule has 1 aromatic heterocycles. The van der Waals surface area contributed by atoms with Gasteiger partial charge in [-0.3, -0.25) is 14.7 Å². The van der Waals surface area contributed by atoms with Crippen LogP contribution in [0.1, 0.15) is 42.4 Å². The van der Waals surface area contributed by atoms with Crippen molar-refractivity contribution in [2.45, 2.75) is 38.8 Å². The minimum atomic E-state index is 0.124. The van der Waals surface area contributed by atoms with Crippen LogP contribution < -0.4 is 0 Å². The van der Waals surface area contributed by atoms with Crippen molar-refractivity contribution in [3.05, 3.63) is 101 Å². The molecule has 198 valence electrons. The van der Waals surface area contributed by atoms with Crippen LogP contribution in [0, 0.1) is 11.8 Å². The molecule has 0 saturated carbocycles. The highest BCUT2D eigenvalue weighted by Crippen LogP contribution is 2.27. The summed E-state index contributed by atoms with van der Waals surface area (Å²) in [7, 11) is 0. The first kappa shape index (κ1) is 26.4. The van der Waals surface area contributed by atoms with E-state index in [9.17, 15) is 4.79 Å². The summed E-state index contributed by atoms with van der Waals surface area (Å²) >= 11 is 6.14. The lowest BCUT2D eigenvalue weighted by Crippen LogP contribution is -2.46. The molecule has 7 heteroatoms. The summed E-state index contributed by atoms with van der Waals surface area (Å²) in [5.74, 6) is 0.675. The second-order valence-corrected chi connectivity index (χ2v) is 10.7. The summed E-state index contributed by atoms with van der Waals surface area (Å²) in [5.41, 5.74) is 4.32. The fourth-order valence-electron chi connectivity index (χ4n) is 5.45. The molecule has 0 radical (unpaired) electrons. The predicted molar refractivity (Wildman–Crippen MR) is 151 cm³/mol. The van der Waals surface area contributed by atoms with E-state index >= 15 is 0 Å². The number of carbonyl (C=O) groups excluding carboxylic acids is 1. The number of aromatic nitrogens is 1. The van der Waals surface area contributed by atoms with Crippen molar-refractivity contribution in [2.24, 2.45) is 17.0 Å². The first-order valence-electron chi connectivity index (χ1n) is 13.6. The summed E-state index contributed by atoms with van der Waals surface area (Å²) < 4.78 is 0. The number of benzene rings is 2. The third kappa shape index (κ3) is 7.00. The van der Waals surface area contributed by atoms with E-state index in [0.29, 0.717) is 17.5 Å². The van der Waals surface area contributed by atoms with E-state index in [1.165, 1.54) is 5.56 Å². The number of halogens is 1. The Hall–Kier alpha value is -3.22. The lowest BCUT2D eigenvalue weighted by atomic mass is 9.87. The Morgan fingerprint density at radius 3 is 2.18 bits per heavy atom. The molecule has 3 heterocycles. The van der Waals surface area contributed by atoms with Crippen LogP contribution in [-0.4, -0.2) is 52.6 Å². The zero-order chi connectivity index (χ0) is 26.2. The fraction of sp³-hybridized carbons (Fsp3) is 0.387. The van der Waals surface area contributed by atoms with Gasteiger partial charge in [0.05, 0.1) is 5.71 Å². The molecule has 2 aliphatic heterocycles. The largest absolute Gasteiger partial charge is 0.391 e. The maximum absolute atomic E-state index is 13.4. The van der Waals surface area contributed by atoms with E-state index in [4.69, 9.17) is 16.4 Å². The van der Waals surface area contributed by atoms with Crippen molar-refractivity contribution in [1.82, 2.24) is 14.8 Å². The second-order valence-electron chi connectivity index (χ2n) is 10.2. The lowest BCUT2D eigenvalue weighted by Gasteiger charge is -2.37. The first-order valence-corrected chi connectivity index (χ1v) is 13.9. The molecule has 2 fully saturated rings. The second kappa shape index (κ2) is 13.0. The number of nitrogens with zero attached hydrogens (tertiary/aromatic N) is 4. The number of piperidine rings is 2. The maximum atomic E-state index is 13.4. The molecule has 0 unspecified atom stereocenters. The summed E-state index contributed by atoms with van der Waals surface area (Å²) in [4.78, 5) is 27.8. The summed E-state index contributed by atoms with van der Waals surface area (Å²) in [5, 5.41) is 5.31. The molecule has 1 amide bonds. The standard InChI is InChI=1S/C31H35ClN4O2/c32-29-8-6-26(7-9-29)30(34-38-23-25-4-2-1-3-5-25)27-14-20-36(21-15-27)31(37)28-12-18-35(19-13-28)22-24-10-16-33-17-11-24/h1-11,16-17,27-28H,12-15,18-23H2. The molecular formula is C31H35ClN4O2. The average Bonchev–Trinajstić information content (AvgIpc) is 2.97. The topological polar surface area (TPSA) is 58.0 Å². The van der Waals surface area contributed by atoms with Crippen molar-refractivity contribution < 1.29 is 9.63 Å². The molecule has 0 spiro atoms. The Bertz CT molecular complexity index is 1190. The highest BCUT2D eigenvalue weighted by atomic mass is 35.5. The minimum absolute atomic E-state index is 0.124. The van der Waals surface area contributed by atoms with Crippen LogP contribution in [-0.2, 0) is 22.8 Å². The molecule has 0 atom stereocenters. The van der Waals surface area contributed by atoms with Crippen molar-refractivity contribution in [1.29, 1.82) is 0 Å². The molecule has 3 aromatic rings. The molecule has 2 aliphatic rings. The van der Waals surface area contributed by atoms with E-state index in [0.717, 1.165) is 75.2 Å². The molecule has 0 N–H and O–H groups in total. The molecular weight excluding hydrogens is 496 g/mol. The third-order valence-corrected chi connectivity index (χ3v) is 7.91. The smallest absolute Gasteiger partial charge is 0.225 e. The Labute approximate surface area is 230 Å². The van der Waals surface area contributed by atoms with Gasteiger partial charge in [-0.2, -0.15) is 0 Å². The van der Waals surface area contributed by atoms with Crippen molar-refractivity contribution in [2.75, 3.05) is 26.2 Å². The Morgan fingerprint density at radius 1 is 0.842 bits per heavy atom. The van der Waals surface area contributed by atoms with Crippen LogP contribution in [0.15, 0.2) is 84.3 Å². The monoisotopic (exact) mass is 530 g/mol. The number of hydrogen-bond acceptors (Lipinski definition) is 5. The van der Waals surface area contributed by atoms with Crippen LogP contribution >= 0.6 is 11.6 Å². The number of likely N-dealkylation sites (tertiary alicyclic amines) is 2. The fourth-order valence-corrected chi connectivity index (χ4v) is 5.58. The number of pyridine rings is 1. The van der Waals surface area contributed by atoms with E-state index in [2.05, 4.69) is 32.1 Å². The van der Waals surface area contributed by atoms with Gasteiger partial charge in [0, 0.05) is 48.9 Å². The molecule has 2 saturated heterocycles. The first-order chi connectivity index (χ1) is 18.7. The van der Waals surface area contributed by atoms with E-state index < -0.39 is 0 Å². The molecule has 38 heavy (non-hydrogen) atoms. The Kier molecular flexibility index (Phi) is 9.05. The van der Waals surface area contributed by atoms with Gasteiger partial charge in [0.2, 0.25) is 5.91 Å². The predicted octanol–water partition coefficient (Wildman–Crippen LogP) is 5.81. The quantitative estimate of drug-likeness (QED) is 0.272. The Morgan fingerprint density at radius 2 is 1.50 bits per heavy atom. The van der Waals surface area contributed by atoms with Gasteiger partial charge in [-0.1, -0.05) is 59.2 Å². The summed E-state index contributed by atoms with van der Waals surface area (Å²) in [6.45, 7) is 4.78. The van der Waals surface area contributed by atoms with Gasteiger partial charge >= 0.3 is 0 Å². The van der Waals surface area contributed by atoms with Gasteiger partial charge in [0.25, 0.3) is 0 Å². The van der Waals surface area contributed by atoms with Crippen molar-refractivity contribution in [3.8, 4) is 0 Å². The summed E-state index contributed by atoms with van der Waals surface area (Å²) in [6.07, 6.45) is 7.29. The zero-order valence-corrected chi connectivity index (χ0v) is 22.5. The van der Waals surface area contributed by atoms with Crippen molar-refractivity contribution in [3.63, 3.8) is 0 Å². The van der Waals surface area contributed by atoms with Gasteiger partial charge in [0.15, 0.2) is 0 Å². The van der Waals surface area contributed by atoms with Crippen LogP contribution in [0.5, 0.6) is 0 Å². The number of rotatable bonds is 8. The molecule has 5 rings (SSSR count). The number of carbonyl (C=O) groups is 1. The van der Waals surface area contributed by atoms with Gasteiger partial charge in [-0.25, -0.2) is 0 Å². The van der Waals surface area contributed by atoms with Crippen molar-refractivity contribution >= 4 is 23.2 Å². The number of amides is 1. The van der Waals surface area contributed by atoms with Gasteiger partial charge in [-0.15, -0.1) is 0 Å². The van der Waals surface area contributed by atoms with Gasteiger partial charge < -0.3 is 9.74 Å². The van der Waals surface area contributed by atoms with Gasteiger partial charge in [-0.05, 0) is 79.7 Å². The average molecular weight is 531 g/mol. The van der Waals surface area contributed by atoms with Crippen LogP contribution in [0.4, 0.5) is 0 Å². The molecule has 6 nitrogen and oxygen atoms in total. The highest BCUT2D eigenvalue weighted by Gasteiger charge is 2.32. The highest BCUT2D eigenvalue weighted by molar-refractivity contribution is 6.30. The lowest BCUT2D eigenvalue weighted by molar-refractivity contribution is -0.138. The van der Waals surface area contributed by atoms with Crippen LogP contribution in [0.3, 0.4) is 0 Å². The van der Waals surface area contributed by atoms with E-state index in [1.807, 2.05) is 67.0 Å². The molecule has 0 aliphatic carbocycles. The van der Waals surface area contributed by atoms with Crippen LogP contribution in [0.2, 0.25) is 5.02 Å². The molecule has 2 aromatic carbocycles. The van der Waals surface area contributed by atoms with Crippen LogP contribution in [0.25, 0.3) is 0 Å². The SMILES string of the molecule is O=C(C1CCN(Cc2ccncc2)CC1)N1CCC(C(=NOCc2ccccc2)c2ccc(Cl)cc2)CC1. The van der Waals surface area contributed by atoms with Gasteiger partial charge in [0.1, 0.15) is 6.61 Å².